The molecule has 0 fully saturated rings. The Kier molecular flexibility index (Phi) is 7.24. The van der Waals surface area contributed by atoms with Crippen LogP contribution in [0.2, 0.25) is 0 Å². The Balaban J connectivity index is 1.78. The lowest BCUT2D eigenvalue weighted by Crippen LogP contribution is -2.32. The van der Waals surface area contributed by atoms with E-state index in [1.54, 1.807) is 62.7 Å². The fraction of sp³-hybridized carbons (Fsp3) is 0.350. The van der Waals surface area contributed by atoms with Crippen LogP contribution in [0.25, 0.3) is 0 Å². The van der Waals surface area contributed by atoms with Gasteiger partial charge in [-0.25, -0.2) is 8.42 Å². The first kappa shape index (κ1) is 20.8. The van der Waals surface area contributed by atoms with Gasteiger partial charge in [-0.15, -0.1) is 0 Å². The molecule has 0 bridgehead atoms. The van der Waals surface area contributed by atoms with E-state index in [0.717, 1.165) is 11.3 Å². The van der Waals surface area contributed by atoms with Crippen molar-refractivity contribution in [1.82, 2.24) is 4.90 Å². The Morgan fingerprint density at radius 3 is 2.19 bits per heavy atom. The largest absolute Gasteiger partial charge is 0.497 e. The molecule has 0 saturated heterocycles. The van der Waals surface area contributed by atoms with Crippen LogP contribution in [0.15, 0.2) is 53.4 Å². The van der Waals surface area contributed by atoms with Gasteiger partial charge in [-0.05, 0) is 43.3 Å². The standard InChI is InChI=1S/C20H25NO5S/c1-16-4-10-19(11-5-16)27(23,24)15-12-20(22)21(2)13-14-26-18-8-6-17(25-3)7-9-18/h4-11H,12-15H2,1-3H3. The van der Waals surface area contributed by atoms with Crippen molar-refractivity contribution >= 4 is 15.7 Å². The maximum atomic E-state index is 12.3. The average Bonchev–Trinajstić information content (AvgIpc) is 2.67. The summed E-state index contributed by atoms with van der Waals surface area (Å²) in [6.07, 6.45) is -0.0603. The number of benzene rings is 2. The van der Waals surface area contributed by atoms with Crippen molar-refractivity contribution in [3.8, 4) is 11.5 Å². The second-order valence-electron chi connectivity index (χ2n) is 6.22. The highest BCUT2D eigenvalue weighted by Crippen LogP contribution is 2.17. The van der Waals surface area contributed by atoms with E-state index in [9.17, 15) is 13.2 Å². The lowest BCUT2D eigenvalue weighted by atomic mass is 10.2. The van der Waals surface area contributed by atoms with Crippen LogP contribution >= 0.6 is 0 Å². The summed E-state index contributed by atoms with van der Waals surface area (Å²) in [6, 6.07) is 13.8. The van der Waals surface area contributed by atoms with E-state index in [2.05, 4.69) is 0 Å². The normalized spacial score (nSPS) is 11.1. The number of amides is 1. The minimum Gasteiger partial charge on any atom is -0.497 e. The van der Waals surface area contributed by atoms with Crippen LogP contribution in [0, 0.1) is 6.92 Å². The number of hydrogen-bond acceptors (Lipinski definition) is 5. The van der Waals surface area contributed by atoms with Gasteiger partial charge in [0, 0.05) is 13.5 Å². The highest BCUT2D eigenvalue weighted by molar-refractivity contribution is 7.91. The molecule has 7 heteroatoms. The zero-order valence-corrected chi connectivity index (χ0v) is 16.7. The summed E-state index contributed by atoms with van der Waals surface area (Å²) in [5.74, 6) is 0.977. The summed E-state index contributed by atoms with van der Waals surface area (Å²) in [5.41, 5.74) is 0.988. The van der Waals surface area contributed by atoms with E-state index in [1.165, 1.54) is 4.90 Å². The van der Waals surface area contributed by atoms with E-state index in [1.807, 2.05) is 6.92 Å². The molecule has 0 unspecified atom stereocenters. The molecule has 1 amide bonds. The lowest BCUT2D eigenvalue weighted by molar-refractivity contribution is -0.129. The molecule has 27 heavy (non-hydrogen) atoms. The van der Waals surface area contributed by atoms with Gasteiger partial charge in [-0.1, -0.05) is 17.7 Å². The second kappa shape index (κ2) is 9.41. The van der Waals surface area contributed by atoms with Gasteiger partial charge in [-0.3, -0.25) is 4.79 Å². The van der Waals surface area contributed by atoms with Crippen LogP contribution < -0.4 is 9.47 Å². The maximum Gasteiger partial charge on any atom is 0.223 e. The minimum absolute atomic E-state index is 0.0603. The third-order valence-corrected chi connectivity index (χ3v) is 5.88. The number of methoxy groups -OCH3 is 1. The SMILES string of the molecule is COc1ccc(OCCN(C)C(=O)CCS(=O)(=O)c2ccc(C)cc2)cc1. The number of likely N-dealkylation sites (N-methyl/N-ethyl adjacent to an activating group) is 1. The van der Waals surface area contributed by atoms with Crippen LogP contribution in [0.5, 0.6) is 11.5 Å². The molecule has 2 rings (SSSR count). The van der Waals surface area contributed by atoms with Crippen molar-refractivity contribution in [2.45, 2.75) is 18.2 Å². The molecular weight excluding hydrogens is 366 g/mol. The molecule has 2 aromatic rings. The van der Waals surface area contributed by atoms with Gasteiger partial charge in [0.1, 0.15) is 18.1 Å². The fourth-order valence-corrected chi connectivity index (χ4v) is 3.60. The predicted molar refractivity (Wildman–Crippen MR) is 104 cm³/mol. The third kappa shape index (κ3) is 6.29. The summed E-state index contributed by atoms with van der Waals surface area (Å²) < 4.78 is 35.3. The molecule has 0 atom stereocenters. The van der Waals surface area contributed by atoms with Gasteiger partial charge < -0.3 is 14.4 Å². The van der Waals surface area contributed by atoms with Crippen LogP contribution in [0.4, 0.5) is 0 Å². The summed E-state index contributed by atoms with van der Waals surface area (Å²) in [7, 11) is -0.237. The summed E-state index contributed by atoms with van der Waals surface area (Å²) >= 11 is 0. The van der Waals surface area contributed by atoms with Crippen LogP contribution in [-0.2, 0) is 14.6 Å². The monoisotopic (exact) mass is 391 g/mol. The molecule has 0 radical (unpaired) electrons. The number of rotatable bonds is 9. The van der Waals surface area contributed by atoms with Gasteiger partial charge in [0.15, 0.2) is 9.84 Å². The first-order valence-corrected chi connectivity index (χ1v) is 10.3. The molecule has 6 nitrogen and oxygen atoms in total. The molecule has 0 aliphatic carbocycles. The Morgan fingerprint density at radius 1 is 1.00 bits per heavy atom. The number of carbonyl (C=O) groups excluding carboxylic acids is 1. The molecular formula is C20H25NO5S. The number of hydrogen-bond donors (Lipinski definition) is 0. The molecule has 2 aromatic carbocycles. The van der Waals surface area contributed by atoms with Gasteiger partial charge in [0.25, 0.3) is 0 Å². The number of sulfone groups is 1. The topological polar surface area (TPSA) is 72.9 Å². The minimum atomic E-state index is -3.47. The first-order valence-electron chi connectivity index (χ1n) is 8.62. The van der Waals surface area contributed by atoms with Crippen molar-refractivity contribution in [1.29, 1.82) is 0 Å². The van der Waals surface area contributed by atoms with Gasteiger partial charge in [0.2, 0.25) is 5.91 Å². The molecule has 0 N–H and O–H groups in total. The third-order valence-electron chi connectivity index (χ3n) is 4.15. The average molecular weight is 391 g/mol. The number of aryl methyl sites for hydroxylation is 1. The van der Waals surface area contributed by atoms with Gasteiger partial charge in [0.05, 0.1) is 24.3 Å². The van der Waals surface area contributed by atoms with Crippen LogP contribution in [0.1, 0.15) is 12.0 Å². The van der Waals surface area contributed by atoms with E-state index in [-0.39, 0.29) is 23.0 Å². The van der Waals surface area contributed by atoms with Crippen LogP contribution in [-0.4, -0.2) is 52.3 Å². The Labute approximate surface area is 160 Å². The van der Waals surface area contributed by atoms with Crippen molar-refractivity contribution in [3.05, 3.63) is 54.1 Å². The number of ether oxygens (including phenoxy) is 2. The Morgan fingerprint density at radius 2 is 1.59 bits per heavy atom. The summed E-state index contributed by atoms with van der Waals surface area (Å²) in [5, 5.41) is 0. The molecule has 0 aromatic heterocycles. The molecule has 0 aliphatic rings. The van der Waals surface area contributed by atoms with E-state index in [0.29, 0.717) is 18.9 Å². The van der Waals surface area contributed by atoms with E-state index < -0.39 is 9.84 Å². The fourth-order valence-electron chi connectivity index (χ4n) is 2.37. The van der Waals surface area contributed by atoms with Gasteiger partial charge in [-0.2, -0.15) is 0 Å². The highest BCUT2D eigenvalue weighted by atomic mass is 32.2. The molecule has 0 spiro atoms. The zero-order chi connectivity index (χ0) is 19.9. The highest BCUT2D eigenvalue weighted by Gasteiger charge is 2.18. The van der Waals surface area contributed by atoms with Crippen molar-refractivity contribution < 1.29 is 22.7 Å². The quantitative estimate of drug-likeness (QED) is 0.657. The number of nitrogens with zero attached hydrogens (tertiary/aromatic N) is 1. The van der Waals surface area contributed by atoms with Crippen molar-refractivity contribution in [2.75, 3.05) is 33.1 Å². The summed E-state index contributed by atoms with van der Waals surface area (Å²) in [6.45, 7) is 2.58. The van der Waals surface area contributed by atoms with Crippen molar-refractivity contribution in [2.24, 2.45) is 0 Å². The number of carbonyl (C=O) groups is 1. The van der Waals surface area contributed by atoms with Crippen LogP contribution in [0.3, 0.4) is 0 Å². The van der Waals surface area contributed by atoms with E-state index in [4.69, 9.17) is 9.47 Å². The molecule has 0 heterocycles. The summed E-state index contributed by atoms with van der Waals surface area (Å²) in [4.78, 5) is 13.9. The first-order chi connectivity index (χ1) is 12.8. The second-order valence-corrected chi connectivity index (χ2v) is 8.33. The smallest absolute Gasteiger partial charge is 0.223 e. The molecule has 0 saturated carbocycles. The Hall–Kier alpha value is -2.54. The van der Waals surface area contributed by atoms with E-state index >= 15 is 0 Å². The predicted octanol–water partition coefficient (Wildman–Crippen LogP) is 2.70. The van der Waals surface area contributed by atoms with Crippen molar-refractivity contribution in [3.63, 3.8) is 0 Å². The van der Waals surface area contributed by atoms with Gasteiger partial charge >= 0.3 is 0 Å². The maximum absolute atomic E-state index is 12.3. The molecule has 0 aliphatic heterocycles. The lowest BCUT2D eigenvalue weighted by Gasteiger charge is -2.17. The Bertz CT molecular complexity index is 845. The zero-order valence-electron chi connectivity index (χ0n) is 15.8. The molecule has 146 valence electrons.